The molecule has 2 aromatic carbocycles. The first kappa shape index (κ1) is 39.9. The number of nitrogens with zero attached hydrogens (tertiary/aromatic N) is 1. The molecule has 3 unspecified atom stereocenters. The number of ether oxygens (including phenoxy) is 3. The van der Waals surface area contributed by atoms with Gasteiger partial charge in [0.05, 0.1) is 6.61 Å². The Kier molecular flexibility index (Phi) is 13.8. The zero-order chi connectivity index (χ0) is 37.9. The molecule has 0 aromatic heterocycles. The minimum atomic E-state index is -0.710. The molecule has 1 aliphatic carbocycles. The Morgan fingerprint density at radius 1 is 1.02 bits per heavy atom. The molecule has 2 N–H and O–H groups in total. The maximum absolute atomic E-state index is 13.3. The number of aliphatic imine (C=N–C) groups is 1. The lowest BCUT2D eigenvalue weighted by Gasteiger charge is -2.37. The van der Waals surface area contributed by atoms with Gasteiger partial charge >= 0.3 is 6.09 Å². The van der Waals surface area contributed by atoms with Crippen molar-refractivity contribution in [2.45, 2.75) is 91.3 Å². The van der Waals surface area contributed by atoms with E-state index in [9.17, 15) is 14.4 Å². The standard InChI is InChI=1S/C43H54N3O6/c1-9-10-13-29(2)16-19-31-28-36(47)38(51-37-15-12-11-14-33(31)37)25-27-50-32-20-17-30(18-21-32)24-26-44-40(46-41(49)52-43(6,7)8)45-39(48)34-22-23-35(34)42(3,4)5/h9-15,17-18,20-23,31,35,38H,1-2,16,19,24-28H2,3-8H3,(H2,44,45,46,48,49)/b13-10-. The molecule has 2 aliphatic rings. The second kappa shape index (κ2) is 18.0. The van der Waals surface area contributed by atoms with Crippen molar-refractivity contribution in [3.05, 3.63) is 115 Å². The summed E-state index contributed by atoms with van der Waals surface area (Å²) in [7, 11) is 0. The largest absolute Gasteiger partial charge is 0.493 e. The van der Waals surface area contributed by atoms with Crippen molar-refractivity contribution in [2.75, 3.05) is 13.2 Å². The van der Waals surface area contributed by atoms with Crippen LogP contribution in [0.4, 0.5) is 4.79 Å². The zero-order valence-electron chi connectivity index (χ0n) is 31.5. The molecule has 9 heteroatoms. The van der Waals surface area contributed by atoms with Crippen LogP contribution in [-0.2, 0) is 20.7 Å². The van der Waals surface area contributed by atoms with Gasteiger partial charge < -0.3 is 14.2 Å². The van der Waals surface area contributed by atoms with Crippen LogP contribution in [0, 0.1) is 17.8 Å². The third-order valence-electron chi connectivity index (χ3n) is 8.81. The molecule has 9 nitrogen and oxygen atoms in total. The number of amides is 2. The average molecular weight is 709 g/mol. The van der Waals surface area contributed by atoms with Crippen LogP contribution in [0.3, 0.4) is 0 Å². The average Bonchev–Trinajstić information content (AvgIpc) is 3.16. The highest BCUT2D eigenvalue weighted by Gasteiger charge is 2.37. The molecule has 0 spiro atoms. The maximum Gasteiger partial charge on any atom is 0.414 e. The second-order valence-electron chi connectivity index (χ2n) is 15.3. The van der Waals surface area contributed by atoms with Crippen LogP contribution in [0.2, 0.25) is 0 Å². The minimum absolute atomic E-state index is 0.00646. The van der Waals surface area contributed by atoms with E-state index < -0.39 is 17.8 Å². The van der Waals surface area contributed by atoms with Crippen LogP contribution in [0.25, 0.3) is 0 Å². The van der Waals surface area contributed by atoms with Crippen molar-refractivity contribution >= 4 is 23.7 Å². The highest BCUT2D eigenvalue weighted by Crippen LogP contribution is 2.41. The second-order valence-corrected chi connectivity index (χ2v) is 15.3. The number of allylic oxidation sites excluding steroid dienone is 5. The lowest BCUT2D eigenvalue weighted by atomic mass is 9.68. The predicted molar refractivity (Wildman–Crippen MR) is 206 cm³/mol. The summed E-state index contributed by atoms with van der Waals surface area (Å²) in [5.41, 5.74) is 2.87. The van der Waals surface area contributed by atoms with Gasteiger partial charge in [0.25, 0.3) is 5.91 Å². The van der Waals surface area contributed by atoms with Crippen molar-refractivity contribution in [1.82, 2.24) is 10.6 Å². The van der Waals surface area contributed by atoms with Gasteiger partial charge in [-0.2, -0.15) is 0 Å². The lowest BCUT2D eigenvalue weighted by Crippen LogP contribution is -2.48. The zero-order valence-corrected chi connectivity index (χ0v) is 31.5. The first-order chi connectivity index (χ1) is 24.6. The van der Waals surface area contributed by atoms with Crippen LogP contribution >= 0.6 is 0 Å². The summed E-state index contributed by atoms with van der Waals surface area (Å²) in [4.78, 5) is 43.4. The molecule has 1 aliphatic heterocycles. The molecular formula is C43H54N3O6. The summed E-state index contributed by atoms with van der Waals surface area (Å²) in [6.45, 7) is 20.0. The van der Waals surface area contributed by atoms with E-state index in [2.05, 4.69) is 49.6 Å². The summed E-state index contributed by atoms with van der Waals surface area (Å²) in [5, 5.41) is 5.36. The van der Waals surface area contributed by atoms with E-state index in [1.807, 2.05) is 67.1 Å². The van der Waals surface area contributed by atoms with E-state index in [0.717, 1.165) is 35.3 Å². The van der Waals surface area contributed by atoms with Crippen LogP contribution in [-0.4, -0.2) is 48.6 Å². The number of Topliss-reactive ketones (excluding diaryl/α,β-unsaturated/α-hetero) is 1. The van der Waals surface area contributed by atoms with Gasteiger partial charge in [0.2, 0.25) is 5.96 Å². The molecule has 3 atom stereocenters. The fourth-order valence-electron chi connectivity index (χ4n) is 6.04. The van der Waals surface area contributed by atoms with Crippen LogP contribution < -0.4 is 20.1 Å². The van der Waals surface area contributed by atoms with E-state index in [1.54, 1.807) is 32.9 Å². The van der Waals surface area contributed by atoms with Gasteiger partial charge in [0.15, 0.2) is 11.9 Å². The Bertz CT molecular complexity index is 1690. The van der Waals surface area contributed by atoms with E-state index >= 15 is 0 Å². The number of nitrogens with one attached hydrogen (secondary N) is 2. The van der Waals surface area contributed by atoms with Gasteiger partial charge in [-0.3, -0.25) is 25.2 Å². The molecule has 0 saturated carbocycles. The van der Waals surface area contributed by atoms with E-state index in [0.29, 0.717) is 43.7 Å². The van der Waals surface area contributed by atoms with Crippen molar-refractivity contribution in [3.8, 4) is 11.5 Å². The lowest BCUT2D eigenvalue weighted by molar-refractivity contribution is -0.126. The number of rotatable bonds is 13. The smallest absolute Gasteiger partial charge is 0.414 e. The highest BCUT2D eigenvalue weighted by molar-refractivity contribution is 6.09. The molecule has 0 fully saturated rings. The molecule has 1 heterocycles. The molecule has 2 aromatic rings. The number of hydrogen-bond donors (Lipinski definition) is 2. The summed E-state index contributed by atoms with van der Waals surface area (Å²) in [6.07, 6.45) is 11.0. The molecule has 52 heavy (non-hydrogen) atoms. The van der Waals surface area contributed by atoms with E-state index in [1.165, 1.54) is 0 Å². The van der Waals surface area contributed by atoms with Gasteiger partial charge in [-0.1, -0.05) is 94.1 Å². The third kappa shape index (κ3) is 12.1. The Balaban J connectivity index is 1.30. The van der Waals surface area contributed by atoms with Crippen molar-refractivity contribution < 1.29 is 28.6 Å². The van der Waals surface area contributed by atoms with Crippen LogP contribution in [0.15, 0.2) is 102 Å². The van der Waals surface area contributed by atoms with Gasteiger partial charge in [-0.05, 0) is 87.1 Å². The number of fused-ring (bicyclic) bond motifs is 1. The number of ketones is 1. The van der Waals surface area contributed by atoms with E-state index in [4.69, 9.17) is 14.2 Å². The molecule has 2 amide bonds. The SMILES string of the molecule is C=C/C=C\C(=C)CCC1CC(=O)C(CCOc2ccc(CCN=C(NC(=O)OC(C)(C)C)NC(=O)C3=C[CH]C3C(C)(C)C)cc2)Oc2ccccc21. The van der Waals surface area contributed by atoms with Crippen LogP contribution in [0.1, 0.15) is 84.3 Å². The normalized spacial score (nSPS) is 19.0. The first-order valence-electron chi connectivity index (χ1n) is 18.0. The number of carbonyl (C=O) groups excluding carboxylic acids is 3. The Hall–Kier alpha value is -4.92. The van der Waals surface area contributed by atoms with Crippen molar-refractivity contribution in [3.63, 3.8) is 0 Å². The number of guanidine groups is 1. The van der Waals surface area contributed by atoms with Gasteiger partial charge in [0, 0.05) is 30.9 Å². The van der Waals surface area contributed by atoms with E-state index in [-0.39, 0.29) is 34.9 Å². The molecule has 1 radical (unpaired) electrons. The molecule has 0 bridgehead atoms. The van der Waals surface area contributed by atoms with Gasteiger partial charge in [-0.25, -0.2) is 4.79 Å². The summed E-state index contributed by atoms with van der Waals surface area (Å²) < 4.78 is 17.7. The number of carbonyl (C=O) groups is 3. The Morgan fingerprint density at radius 2 is 1.75 bits per heavy atom. The Morgan fingerprint density at radius 3 is 2.40 bits per heavy atom. The topological polar surface area (TPSA) is 115 Å². The van der Waals surface area contributed by atoms with Gasteiger partial charge in [-0.15, -0.1) is 0 Å². The number of hydrogen-bond acceptors (Lipinski definition) is 7. The monoisotopic (exact) mass is 708 g/mol. The van der Waals surface area contributed by atoms with Gasteiger partial charge in [0.1, 0.15) is 17.1 Å². The highest BCUT2D eigenvalue weighted by atomic mass is 16.6. The minimum Gasteiger partial charge on any atom is -0.493 e. The van der Waals surface area contributed by atoms with Crippen molar-refractivity contribution in [1.29, 1.82) is 0 Å². The fourth-order valence-corrected chi connectivity index (χ4v) is 6.04. The summed E-state index contributed by atoms with van der Waals surface area (Å²) in [6, 6.07) is 15.5. The fraction of sp³-hybridized carbons (Fsp3) is 0.419. The molecule has 0 saturated heterocycles. The van der Waals surface area contributed by atoms with Crippen molar-refractivity contribution in [2.24, 2.45) is 16.3 Å². The maximum atomic E-state index is 13.3. The van der Waals surface area contributed by atoms with Crippen LogP contribution in [0.5, 0.6) is 11.5 Å². The molecule has 277 valence electrons. The number of para-hydroxylation sites is 1. The molecular weight excluding hydrogens is 654 g/mol. The summed E-state index contributed by atoms with van der Waals surface area (Å²) >= 11 is 0. The first-order valence-corrected chi connectivity index (χ1v) is 18.0. The molecule has 4 rings (SSSR count). The third-order valence-corrected chi connectivity index (χ3v) is 8.81. The predicted octanol–water partition coefficient (Wildman–Crippen LogP) is 8.38. The Labute approximate surface area is 309 Å². The number of benzene rings is 2. The quantitative estimate of drug-likeness (QED) is 0.123. The number of alkyl carbamates (subject to hydrolysis) is 1. The summed E-state index contributed by atoms with van der Waals surface area (Å²) in [5.74, 6) is 1.29.